The largest absolute Gasteiger partial charge is 0.464 e. The Bertz CT molecular complexity index is 166. The van der Waals surface area contributed by atoms with Gasteiger partial charge in [0.25, 0.3) is 0 Å². The minimum Gasteiger partial charge on any atom is -0.464 e. The van der Waals surface area contributed by atoms with Gasteiger partial charge in [0.1, 0.15) is 6.61 Å². The molecule has 2 atom stereocenters. The van der Waals surface area contributed by atoms with Crippen molar-refractivity contribution in [3.05, 3.63) is 12.2 Å². The molecule has 0 saturated carbocycles. The highest BCUT2D eigenvalue weighted by Gasteiger charge is 2.01. The summed E-state index contributed by atoms with van der Waals surface area (Å²) in [7, 11) is 0. The van der Waals surface area contributed by atoms with Crippen LogP contribution in [0.4, 0.5) is 0 Å². The minimum absolute atomic E-state index is 0.0522. The van der Waals surface area contributed by atoms with Gasteiger partial charge in [0.15, 0.2) is 0 Å². The van der Waals surface area contributed by atoms with Crippen LogP contribution < -0.4 is 0 Å². The summed E-state index contributed by atoms with van der Waals surface area (Å²) in [5.41, 5.74) is 0. The SMILES string of the molecule is CC(=O)OCC(Cl)/C=C/C(C)Cl. The lowest BCUT2D eigenvalue weighted by molar-refractivity contribution is -0.140. The van der Waals surface area contributed by atoms with Crippen molar-refractivity contribution in [3.8, 4) is 0 Å². The van der Waals surface area contributed by atoms with E-state index in [4.69, 9.17) is 23.2 Å². The normalized spacial score (nSPS) is 16.0. The molecule has 0 radical (unpaired) electrons. The Labute approximate surface area is 82.5 Å². The van der Waals surface area contributed by atoms with Crippen LogP contribution in [0.1, 0.15) is 13.8 Å². The molecule has 0 aromatic rings. The van der Waals surface area contributed by atoms with Crippen LogP contribution in [0.5, 0.6) is 0 Å². The van der Waals surface area contributed by atoms with E-state index >= 15 is 0 Å². The Balaban J connectivity index is 3.59. The van der Waals surface area contributed by atoms with Gasteiger partial charge in [0.05, 0.1) is 5.38 Å². The monoisotopic (exact) mass is 210 g/mol. The number of hydrogen-bond acceptors (Lipinski definition) is 2. The molecular formula is C8H12Cl2O2. The number of hydrogen-bond donors (Lipinski definition) is 0. The van der Waals surface area contributed by atoms with E-state index in [1.54, 1.807) is 12.2 Å². The molecular weight excluding hydrogens is 199 g/mol. The van der Waals surface area contributed by atoms with E-state index in [1.807, 2.05) is 6.92 Å². The quantitative estimate of drug-likeness (QED) is 0.405. The van der Waals surface area contributed by atoms with E-state index in [2.05, 4.69) is 4.74 Å². The van der Waals surface area contributed by atoms with E-state index in [1.165, 1.54) is 6.92 Å². The molecule has 0 amide bonds. The van der Waals surface area contributed by atoms with Crippen molar-refractivity contribution in [1.82, 2.24) is 0 Å². The van der Waals surface area contributed by atoms with Gasteiger partial charge in [-0.3, -0.25) is 4.79 Å². The molecule has 2 nitrogen and oxygen atoms in total. The van der Waals surface area contributed by atoms with Crippen LogP contribution >= 0.6 is 23.2 Å². The number of rotatable bonds is 4. The van der Waals surface area contributed by atoms with Crippen LogP contribution in [-0.2, 0) is 9.53 Å². The van der Waals surface area contributed by atoms with Crippen molar-refractivity contribution in [1.29, 1.82) is 0 Å². The highest BCUT2D eigenvalue weighted by molar-refractivity contribution is 6.23. The first kappa shape index (κ1) is 11.8. The lowest BCUT2D eigenvalue weighted by Gasteiger charge is -2.03. The van der Waals surface area contributed by atoms with Gasteiger partial charge in [-0.2, -0.15) is 0 Å². The first-order valence-electron chi connectivity index (χ1n) is 3.62. The Morgan fingerprint density at radius 1 is 1.50 bits per heavy atom. The Hall–Kier alpha value is -0.210. The lowest BCUT2D eigenvalue weighted by atomic mass is 10.3. The summed E-state index contributed by atoms with van der Waals surface area (Å²) in [5, 5.41) is -0.348. The average Bonchev–Trinajstić information content (AvgIpc) is 1.96. The van der Waals surface area contributed by atoms with Gasteiger partial charge >= 0.3 is 5.97 Å². The zero-order chi connectivity index (χ0) is 9.56. The molecule has 0 rings (SSSR count). The summed E-state index contributed by atoms with van der Waals surface area (Å²) in [6.07, 6.45) is 3.46. The maximum atomic E-state index is 10.4. The molecule has 0 N–H and O–H groups in total. The first-order chi connectivity index (χ1) is 5.52. The molecule has 2 unspecified atom stereocenters. The first-order valence-corrected chi connectivity index (χ1v) is 4.49. The third kappa shape index (κ3) is 7.89. The topological polar surface area (TPSA) is 26.3 Å². The molecule has 0 heterocycles. The molecule has 0 aliphatic heterocycles. The number of ether oxygens (including phenoxy) is 1. The summed E-state index contributed by atoms with van der Waals surface area (Å²) < 4.78 is 4.67. The maximum Gasteiger partial charge on any atom is 0.302 e. The second kappa shape index (κ2) is 6.32. The number of alkyl halides is 2. The van der Waals surface area contributed by atoms with Crippen LogP contribution in [0.2, 0.25) is 0 Å². The average molecular weight is 211 g/mol. The third-order valence-corrected chi connectivity index (χ3v) is 1.45. The van der Waals surface area contributed by atoms with Crippen molar-refractivity contribution in [2.24, 2.45) is 0 Å². The van der Waals surface area contributed by atoms with Crippen molar-refractivity contribution in [2.75, 3.05) is 6.61 Å². The Morgan fingerprint density at radius 3 is 2.50 bits per heavy atom. The van der Waals surface area contributed by atoms with Crippen LogP contribution in [0.25, 0.3) is 0 Å². The van der Waals surface area contributed by atoms with Gasteiger partial charge in [0.2, 0.25) is 0 Å². The number of carbonyl (C=O) groups is 1. The predicted octanol–water partition coefficient (Wildman–Crippen LogP) is 2.34. The molecule has 0 aliphatic rings. The summed E-state index contributed by atoms with van der Waals surface area (Å²) in [6, 6.07) is 0. The molecule has 0 saturated heterocycles. The molecule has 70 valence electrons. The Kier molecular flexibility index (Phi) is 6.21. The molecule has 0 aromatic carbocycles. The van der Waals surface area contributed by atoms with Gasteiger partial charge in [-0.1, -0.05) is 12.2 Å². The fourth-order valence-electron chi connectivity index (χ4n) is 0.526. The van der Waals surface area contributed by atoms with Crippen molar-refractivity contribution in [2.45, 2.75) is 24.6 Å². The van der Waals surface area contributed by atoms with Gasteiger partial charge in [-0.15, -0.1) is 23.2 Å². The fourth-order valence-corrected chi connectivity index (χ4v) is 0.757. The second-order valence-electron chi connectivity index (χ2n) is 2.38. The lowest BCUT2D eigenvalue weighted by Crippen LogP contribution is -2.09. The molecule has 4 heteroatoms. The second-order valence-corrected chi connectivity index (χ2v) is 3.63. The van der Waals surface area contributed by atoms with Crippen molar-refractivity contribution in [3.63, 3.8) is 0 Å². The van der Waals surface area contributed by atoms with Gasteiger partial charge < -0.3 is 4.74 Å². The number of halogens is 2. The van der Waals surface area contributed by atoms with Crippen molar-refractivity contribution >= 4 is 29.2 Å². The molecule has 0 spiro atoms. The molecule has 12 heavy (non-hydrogen) atoms. The fraction of sp³-hybridized carbons (Fsp3) is 0.625. The maximum absolute atomic E-state index is 10.4. The molecule has 0 aliphatic carbocycles. The highest BCUT2D eigenvalue weighted by Crippen LogP contribution is 2.02. The zero-order valence-corrected chi connectivity index (χ0v) is 8.60. The Morgan fingerprint density at radius 2 is 2.08 bits per heavy atom. The van der Waals surface area contributed by atoms with Gasteiger partial charge in [-0.25, -0.2) is 0 Å². The number of esters is 1. The van der Waals surface area contributed by atoms with Gasteiger partial charge in [-0.05, 0) is 6.92 Å². The van der Waals surface area contributed by atoms with Crippen LogP contribution in [0.3, 0.4) is 0 Å². The summed E-state index contributed by atoms with van der Waals surface area (Å²) in [5.74, 6) is -0.326. The standard InChI is InChI=1S/C8H12Cl2O2/c1-6(9)3-4-8(10)5-12-7(2)11/h3-4,6,8H,5H2,1-2H3/b4-3+. The van der Waals surface area contributed by atoms with Crippen LogP contribution in [-0.4, -0.2) is 23.3 Å². The van der Waals surface area contributed by atoms with E-state index in [0.717, 1.165) is 0 Å². The summed E-state index contributed by atoms with van der Waals surface area (Å²) in [6.45, 7) is 3.36. The molecule has 0 aromatic heterocycles. The summed E-state index contributed by atoms with van der Waals surface area (Å²) >= 11 is 11.4. The molecule has 0 fully saturated rings. The predicted molar refractivity (Wildman–Crippen MR) is 50.7 cm³/mol. The van der Waals surface area contributed by atoms with Crippen molar-refractivity contribution < 1.29 is 9.53 Å². The third-order valence-electron chi connectivity index (χ3n) is 1.03. The number of allylic oxidation sites excluding steroid dienone is 1. The smallest absolute Gasteiger partial charge is 0.302 e. The minimum atomic E-state index is -0.326. The van der Waals surface area contributed by atoms with E-state index in [0.29, 0.717) is 0 Å². The number of carbonyl (C=O) groups excluding carboxylic acids is 1. The van der Waals surface area contributed by atoms with E-state index in [9.17, 15) is 4.79 Å². The van der Waals surface area contributed by atoms with Crippen LogP contribution in [0.15, 0.2) is 12.2 Å². The highest BCUT2D eigenvalue weighted by atomic mass is 35.5. The van der Waals surface area contributed by atoms with Gasteiger partial charge in [0, 0.05) is 12.3 Å². The van der Waals surface area contributed by atoms with E-state index < -0.39 is 0 Å². The zero-order valence-electron chi connectivity index (χ0n) is 7.09. The van der Waals surface area contributed by atoms with E-state index in [-0.39, 0.29) is 23.3 Å². The molecule has 0 bridgehead atoms. The summed E-state index contributed by atoms with van der Waals surface area (Å²) in [4.78, 5) is 10.4. The van der Waals surface area contributed by atoms with Crippen LogP contribution in [0, 0.1) is 0 Å².